The molecular weight excluding hydrogens is 359 g/mol. The maximum absolute atomic E-state index is 13.8. The molecule has 1 unspecified atom stereocenters. The minimum Gasteiger partial charge on any atom is -0.489 e. The van der Waals surface area contributed by atoms with Crippen LogP contribution < -0.4 is 10.1 Å². The third-order valence-electron chi connectivity index (χ3n) is 4.70. The van der Waals surface area contributed by atoms with Gasteiger partial charge in [-0.1, -0.05) is 30.3 Å². The van der Waals surface area contributed by atoms with Gasteiger partial charge in [-0.2, -0.15) is 0 Å². The molecule has 2 aromatic carbocycles. The maximum atomic E-state index is 13.8. The van der Waals surface area contributed by atoms with E-state index < -0.39 is 5.92 Å². The fourth-order valence-electron chi connectivity index (χ4n) is 3.28. The first kappa shape index (κ1) is 19.9. The smallest absolute Gasteiger partial charge is 0.229 e. The van der Waals surface area contributed by atoms with Gasteiger partial charge in [0.25, 0.3) is 0 Å². The predicted molar refractivity (Wildman–Crippen MR) is 106 cm³/mol. The van der Waals surface area contributed by atoms with Gasteiger partial charge < -0.3 is 15.0 Å². The van der Waals surface area contributed by atoms with Gasteiger partial charge >= 0.3 is 0 Å². The van der Waals surface area contributed by atoms with E-state index in [1.54, 1.807) is 35.2 Å². The Morgan fingerprint density at radius 3 is 2.68 bits per heavy atom. The van der Waals surface area contributed by atoms with Gasteiger partial charge in [-0.05, 0) is 44.0 Å². The first-order valence-electron chi connectivity index (χ1n) is 9.51. The van der Waals surface area contributed by atoms with Gasteiger partial charge in [-0.3, -0.25) is 9.59 Å². The average Bonchev–Trinajstić information content (AvgIpc) is 3.03. The number of hydrogen-bond donors (Lipinski definition) is 1. The minimum atomic E-state index is -0.430. The van der Waals surface area contributed by atoms with E-state index in [0.29, 0.717) is 36.5 Å². The molecule has 0 aliphatic carbocycles. The van der Waals surface area contributed by atoms with Crippen molar-refractivity contribution >= 4 is 17.5 Å². The van der Waals surface area contributed by atoms with Crippen LogP contribution in [0.4, 0.5) is 10.1 Å². The Balaban J connectivity index is 1.59. The molecule has 0 aromatic heterocycles. The molecule has 1 aliphatic heterocycles. The Kier molecular flexibility index (Phi) is 6.29. The lowest BCUT2D eigenvalue weighted by atomic mass is 10.1. The van der Waals surface area contributed by atoms with Crippen LogP contribution in [0.1, 0.15) is 25.8 Å². The van der Waals surface area contributed by atoms with E-state index in [9.17, 15) is 14.0 Å². The molecule has 6 heteroatoms. The summed E-state index contributed by atoms with van der Waals surface area (Å²) in [5.74, 6) is -0.387. The molecule has 1 atom stereocenters. The summed E-state index contributed by atoms with van der Waals surface area (Å²) in [5, 5.41) is 2.88. The third kappa shape index (κ3) is 4.88. The van der Waals surface area contributed by atoms with Gasteiger partial charge in [0.15, 0.2) is 0 Å². The number of ether oxygens (including phenoxy) is 1. The Hall–Kier alpha value is -2.89. The van der Waals surface area contributed by atoms with Crippen molar-refractivity contribution < 1.29 is 18.7 Å². The zero-order valence-corrected chi connectivity index (χ0v) is 16.2. The molecule has 0 spiro atoms. The first-order chi connectivity index (χ1) is 13.4. The molecule has 5 nitrogen and oxygen atoms in total. The molecule has 0 radical (unpaired) electrons. The summed E-state index contributed by atoms with van der Waals surface area (Å²) in [6.45, 7) is 4.58. The maximum Gasteiger partial charge on any atom is 0.229 e. The fourth-order valence-corrected chi connectivity index (χ4v) is 3.28. The highest BCUT2D eigenvalue weighted by Gasteiger charge is 2.34. The molecule has 0 saturated carbocycles. The molecule has 1 fully saturated rings. The molecular formula is C22H25FN2O3. The van der Waals surface area contributed by atoms with Crippen LogP contribution in [0.25, 0.3) is 0 Å². The lowest BCUT2D eigenvalue weighted by Crippen LogP contribution is -2.30. The van der Waals surface area contributed by atoms with Crippen molar-refractivity contribution in [2.45, 2.75) is 32.8 Å². The molecule has 1 aliphatic rings. The molecule has 1 N–H and O–H groups in total. The van der Waals surface area contributed by atoms with Gasteiger partial charge in [0.1, 0.15) is 11.6 Å². The van der Waals surface area contributed by atoms with E-state index in [1.165, 1.54) is 6.07 Å². The van der Waals surface area contributed by atoms with Gasteiger partial charge in [-0.25, -0.2) is 4.39 Å². The number of carbonyl (C=O) groups excluding carboxylic acids is 2. The van der Waals surface area contributed by atoms with Crippen LogP contribution in [0, 0.1) is 11.7 Å². The number of carbonyl (C=O) groups is 2. The van der Waals surface area contributed by atoms with Crippen LogP contribution in [0.3, 0.4) is 0 Å². The topological polar surface area (TPSA) is 58.6 Å². The summed E-state index contributed by atoms with van der Waals surface area (Å²) in [5.41, 5.74) is 1.17. The average molecular weight is 384 g/mol. The van der Waals surface area contributed by atoms with Crippen molar-refractivity contribution in [1.82, 2.24) is 4.90 Å². The van der Waals surface area contributed by atoms with Crippen molar-refractivity contribution in [3.05, 3.63) is 59.9 Å². The molecule has 28 heavy (non-hydrogen) atoms. The highest BCUT2D eigenvalue weighted by atomic mass is 19.1. The Morgan fingerprint density at radius 2 is 1.93 bits per heavy atom. The van der Waals surface area contributed by atoms with E-state index in [4.69, 9.17) is 4.74 Å². The van der Waals surface area contributed by atoms with Gasteiger partial charge in [0.2, 0.25) is 11.8 Å². The second kappa shape index (κ2) is 8.87. The van der Waals surface area contributed by atoms with Gasteiger partial charge in [0.05, 0.1) is 17.7 Å². The number of nitrogens with zero attached hydrogens (tertiary/aromatic N) is 1. The third-order valence-corrected chi connectivity index (χ3v) is 4.70. The quantitative estimate of drug-likeness (QED) is 0.793. The zero-order chi connectivity index (χ0) is 20.1. The SMILES string of the molecule is CC(C)Oc1ccccc1NC(=O)C1CC(=O)N(CCc2ccccc2F)C1. The normalized spacial score (nSPS) is 16.5. The van der Waals surface area contributed by atoms with Gasteiger partial charge in [0, 0.05) is 19.5 Å². The molecule has 2 amide bonds. The molecule has 2 aromatic rings. The van der Waals surface area contributed by atoms with Crippen molar-refractivity contribution in [3.63, 3.8) is 0 Å². The molecule has 0 bridgehead atoms. The van der Waals surface area contributed by atoms with Crippen molar-refractivity contribution in [2.24, 2.45) is 5.92 Å². The van der Waals surface area contributed by atoms with Crippen LogP contribution in [0.5, 0.6) is 5.75 Å². The summed E-state index contributed by atoms with van der Waals surface area (Å²) >= 11 is 0. The number of halogens is 1. The van der Waals surface area contributed by atoms with E-state index in [2.05, 4.69) is 5.32 Å². The van der Waals surface area contributed by atoms with Crippen molar-refractivity contribution in [3.8, 4) is 5.75 Å². The summed E-state index contributed by atoms with van der Waals surface area (Å²) in [6.07, 6.45) is 0.577. The highest BCUT2D eigenvalue weighted by molar-refractivity contribution is 5.98. The van der Waals surface area contributed by atoms with Crippen molar-refractivity contribution in [1.29, 1.82) is 0 Å². The minimum absolute atomic E-state index is 0.0139. The fraction of sp³-hybridized carbons (Fsp3) is 0.364. The zero-order valence-electron chi connectivity index (χ0n) is 16.2. The van der Waals surface area contributed by atoms with E-state index >= 15 is 0 Å². The summed E-state index contributed by atoms with van der Waals surface area (Å²) in [7, 11) is 0. The van der Waals surface area contributed by atoms with E-state index in [0.717, 1.165) is 0 Å². The molecule has 1 heterocycles. The molecule has 3 rings (SSSR count). The van der Waals surface area contributed by atoms with Crippen molar-refractivity contribution in [2.75, 3.05) is 18.4 Å². The molecule has 148 valence electrons. The first-order valence-corrected chi connectivity index (χ1v) is 9.51. The number of anilines is 1. The Bertz CT molecular complexity index is 853. The van der Waals surface area contributed by atoms with Gasteiger partial charge in [-0.15, -0.1) is 0 Å². The monoisotopic (exact) mass is 384 g/mol. The Labute approximate surface area is 164 Å². The highest BCUT2D eigenvalue weighted by Crippen LogP contribution is 2.27. The number of para-hydroxylation sites is 2. The summed E-state index contributed by atoms with van der Waals surface area (Å²) in [6, 6.07) is 13.8. The Morgan fingerprint density at radius 1 is 1.21 bits per heavy atom. The van der Waals surface area contributed by atoms with E-state index in [1.807, 2.05) is 26.0 Å². The summed E-state index contributed by atoms with van der Waals surface area (Å²) < 4.78 is 19.5. The predicted octanol–water partition coefficient (Wildman–Crippen LogP) is 3.64. The van der Waals surface area contributed by atoms with Crippen LogP contribution in [0.15, 0.2) is 48.5 Å². The van der Waals surface area contributed by atoms with E-state index in [-0.39, 0.29) is 30.2 Å². The lowest BCUT2D eigenvalue weighted by Gasteiger charge is -2.18. The largest absolute Gasteiger partial charge is 0.489 e. The second-order valence-corrected chi connectivity index (χ2v) is 7.23. The lowest BCUT2D eigenvalue weighted by molar-refractivity contribution is -0.128. The van der Waals surface area contributed by atoms with Crippen LogP contribution >= 0.6 is 0 Å². The number of likely N-dealkylation sites (tertiary alicyclic amines) is 1. The number of hydrogen-bond acceptors (Lipinski definition) is 3. The molecule has 1 saturated heterocycles. The number of benzene rings is 2. The number of rotatable bonds is 7. The van der Waals surface area contributed by atoms with Crippen LogP contribution in [0.2, 0.25) is 0 Å². The standard InChI is InChI=1S/C22H25FN2O3/c1-15(2)28-20-10-6-5-9-19(20)24-22(27)17-13-21(26)25(14-17)12-11-16-7-3-4-8-18(16)23/h3-10,15,17H,11-14H2,1-2H3,(H,24,27). The number of amides is 2. The second-order valence-electron chi connectivity index (χ2n) is 7.23. The number of nitrogens with one attached hydrogen (secondary N) is 1. The van der Waals surface area contributed by atoms with Crippen LogP contribution in [-0.2, 0) is 16.0 Å². The van der Waals surface area contributed by atoms with Crippen LogP contribution in [-0.4, -0.2) is 35.9 Å². The summed E-state index contributed by atoms with van der Waals surface area (Å²) in [4.78, 5) is 26.6.